The topological polar surface area (TPSA) is 84.2 Å². The van der Waals surface area contributed by atoms with Gasteiger partial charge in [0.25, 0.3) is 5.22 Å². The molecule has 0 radical (unpaired) electrons. The van der Waals surface area contributed by atoms with Gasteiger partial charge in [-0.15, -0.1) is 21.5 Å². The van der Waals surface area contributed by atoms with E-state index >= 15 is 0 Å². The molecule has 0 aliphatic carbocycles. The molecule has 1 amide bonds. The molecule has 0 saturated carbocycles. The third kappa shape index (κ3) is 4.23. The second-order valence-corrected chi connectivity index (χ2v) is 7.59. The van der Waals surface area contributed by atoms with E-state index in [9.17, 15) is 4.79 Å². The Morgan fingerprint density at radius 3 is 2.96 bits per heavy atom. The first-order chi connectivity index (χ1) is 12.8. The normalized spacial score (nSPS) is 14.2. The summed E-state index contributed by atoms with van der Waals surface area (Å²) in [5.41, 5.74) is 1.96. The number of thioether (sulfide) groups is 1. The molecule has 0 atom stereocenters. The summed E-state index contributed by atoms with van der Waals surface area (Å²) in [4.78, 5) is 18.0. The number of carbonyl (C=O) groups is 1. The van der Waals surface area contributed by atoms with E-state index in [0.29, 0.717) is 29.8 Å². The van der Waals surface area contributed by atoms with E-state index in [1.807, 2.05) is 35.7 Å². The third-order valence-corrected chi connectivity index (χ3v) is 5.52. The summed E-state index contributed by atoms with van der Waals surface area (Å²) < 4.78 is 5.62. The fourth-order valence-corrected chi connectivity index (χ4v) is 4.12. The first kappa shape index (κ1) is 17.0. The minimum atomic E-state index is 0.151. The van der Waals surface area contributed by atoms with Crippen LogP contribution >= 0.6 is 23.1 Å². The molecule has 9 heteroatoms. The molecule has 1 aliphatic heterocycles. The molecular weight excluding hydrogens is 370 g/mol. The number of rotatable bonds is 7. The van der Waals surface area contributed by atoms with Crippen LogP contribution in [0.5, 0.6) is 0 Å². The summed E-state index contributed by atoms with van der Waals surface area (Å²) >= 11 is 3.01. The average Bonchev–Trinajstić information content (AvgIpc) is 3.38. The van der Waals surface area contributed by atoms with Gasteiger partial charge in [0.05, 0.1) is 12.2 Å². The summed E-state index contributed by atoms with van der Waals surface area (Å²) in [6.07, 6.45) is 1.51. The molecule has 26 heavy (non-hydrogen) atoms. The van der Waals surface area contributed by atoms with Crippen molar-refractivity contribution in [1.29, 1.82) is 0 Å². The van der Waals surface area contributed by atoms with Crippen molar-refractivity contribution in [3.63, 3.8) is 0 Å². The van der Waals surface area contributed by atoms with Crippen molar-refractivity contribution in [2.45, 2.75) is 30.4 Å². The molecule has 0 spiro atoms. The monoisotopic (exact) mass is 387 g/mol. The van der Waals surface area contributed by atoms with Crippen molar-refractivity contribution in [2.75, 3.05) is 11.9 Å². The van der Waals surface area contributed by atoms with E-state index < -0.39 is 0 Å². The zero-order valence-corrected chi connectivity index (χ0v) is 15.6. The Balaban J connectivity index is 1.30. The van der Waals surface area contributed by atoms with Crippen molar-refractivity contribution in [2.24, 2.45) is 0 Å². The predicted octanol–water partition coefficient (Wildman–Crippen LogP) is 3.68. The predicted molar refractivity (Wildman–Crippen MR) is 100 cm³/mol. The van der Waals surface area contributed by atoms with Gasteiger partial charge in [-0.25, -0.2) is 4.98 Å². The number of anilines is 2. The standard InChI is InChI=1S/C17H17N5O2S2/c23-15-7-4-8-22(15)9-14-20-21-17(24-14)26-11-13-10-25-16(19-13)18-12-5-2-1-3-6-12/h1-3,5-6,10H,4,7-9,11H2,(H,18,19). The molecular formula is C17H17N5O2S2. The minimum Gasteiger partial charge on any atom is -0.414 e. The summed E-state index contributed by atoms with van der Waals surface area (Å²) in [6, 6.07) is 9.94. The highest BCUT2D eigenvalue weighted by molar-refractivity contribution is 7.98. The number of hydrogen-bond acceptors (Lipinski definition) is 8. The fraction of sp³-hybridized carbons (Fsp3) is 0.294. The van der Waals surface area contributed by atoms with Crippen molar-refractivity contribution in [3.05, 3.63) is 47.3 Å². The molecule has 1 fully saturated rings. The van der Waals surface area contributed by atoms with Gasteiger partial charge >= 0.3 is 0 Å². The van der Waals surface area contributed by atoms with Crippen LogP contribution in [0.15, 0.2) is 45.4 Å². The number of thiazole rings is 1. The van der Waals surface area contributed by atoms with Gasteiger partial charge in [-0.2, -0.15) is 0 Å². The van der Waals surface area contributed by atoms with Gasteiger partial charge in [0.1, 0.15) is 0 Å². The van der Waals surface area contributed by atoms with Crippen molar-refractivity contribution < 1.29 is 9.21 Å². The van der Waals surface area contributed by atoms with Gasteiger partial charge in [0.2, 0.25) is 11.8 Å². The Labute approximate surface area is 158 Å². The molecule has 7 nitrogen and oxygen atoms in total. The van der Waals surface area contributed by atoms with E-state index in [2.05, 4.69) is 20.5 Å². The number of amides is 1. The maximum absolute atomic E-state index is 11.6. The van der Waals surface area contributed by atoms with Crippen LogP contribution in [-0.4, -0.2) is 32.5 Å². The number of nitrogens with zero attached hydrogens (tertiary/aromatic N) is 4. The lowest BCUT2D eigenvalue weighted by Gasteiger charge is -2.11. The fourth-order valence-electron chi connectivity index (χ4n) is 2.61. The van der Waals surface area contributed by atoms with Crippen molar-refractivity contribution >= 4 is 39.8 Å². The Bertz CT molecular complexity index is 880. The largest absolute Gasteiger partial charge is 0.414 e. The number of likely N-dealkylation sites (tertiary alicyclic amines) is 1. The number of carbonyl (C=O) groups excluding carboxylic acids is 1. The Morgan fingerprint density at radius 2 is 2.15 bits per heavy atom. The SMILES string of the molecule is O=C1CCCN1Cc1nnc(SCc2csc(Nc3ccccc3)n2)o1. The van der Waals surface area contributed by atoms with Gasteiger partial charge in [0.15, 0.2) is 5.13 Å². The lowest BCUT2D eigenvalue weighted by molar-refractivity contribution is -0.128. The van der Waals surface area contributed by atoms with Crippen LogP contribution in [-0.2, 0) is 17.1 Å². The third-order valence-electron chi connectivity index (χ3n) is 3.87. The van der Waals surface area contributed by atoms with Crippen molar-refractivity contribution in [3.8, 4) is 0 Å². The smallest absolute Gasteiger partial charge is 0.277 e. The first-order valence-corrected chi connectivity index (χ1v) is 10.1. The van der Waals surface area contributed by atoms with Crippen LogP contribution in [0.1, 0.15) is 24.4 Å². The van der Waals surface area contributed by atoms with Gasteiger partial charge in [-0.3, -0.25) is 4.79 Å². The van der Waals surface area contributed by atoms with Crippen LogP contribution in [0.2, 0.25) is 0 Å². The highest BCUT2D eigenvalue weighted by atomic mass is 32.2. The molecule has 4 rings (SSSR count). The van der Waals surface area contributed by atoms with Gasteiger partial charge in [0, 0.05) is 29.8 Å². The number of para-hydroxylation sites is 1. The summed E-state index contributed by atoms with van der Waals surface area (Å²) in [7, 11) is 0. The maximum Gasteiger partial charge on any atom is 0.277 e. The molecule has 2 aromatic heterocycles. The highest BCUT2D eigenvalue weighted by Gasteiger charge is 2.22. The molecule has 1 saturated heterocycles. The Hall–Kier alpha value is -2.39. The van der Waals surface area contributed by atoms with E-state index in [-0.39, 0.29) is 5.91 Å². The van der Waals surface area contributed by atoms with Crippen LogP contribution in [0.4, 0.5) is 10.8 Å². The average molecular weight is 387 g/mol. The summed E-state index contributed by atoms with van der Waals surface area (Å²) in [5.74, 6) is 1.28. The van der Waals surface area contributed by atoms with Gasteiger partial charge in [-0.05, 0) is 18.6 Å². The molecule has 3 aromatic rings. The Kier molecular flexibility index (Phi) is 5.16. The van der Waals surface area contributed by atoms with E-state index in [1.54, 1.807) is 16.2 Å². The lowest BCUT2D eigenvalue weighted by atomic mass is 10.3. The number of aromatic nitrogens is 3. The number of benzene rings is 1. The highest BCUT2D eigenvalue weighted by Crippen LogP contribution is 2.26. The second kappa shape index (κ2) is 7.88. The zero-order valence-electron chi connectivity index (χ0n) is 13.9. The quantitative estimate of drug-likeness (QED) is 0.619. The van der Waals surface area contributed by atoms with Crippen LogP contribution in [0, 0.1) is 0 Å². The second-order valence-electron chi connectivity index (χ2n) is 5.80. The Morgan fingerprint density at radius 1 is 1.27 bits per heavy atom. The van der Waals surface area contributed by atoms with Crippen LogP contribution in [0.3, 0.4) is 0 Å². The summed E-state index contributed by atoms with van der Waals surface area (Å²) in [5, 5.41) is 14.7. The van der Waals surface area contributed by atoms with Gasteiger partial charge < -0.3 is 14.6 Å². The van der Waals surface area contributed by atoms with Gasteiger partial charge in [-0.1, -0.05) is 30.0 Å². The molecule has 1 aromatic carbocycles. The van der Waals surface area contributed by atoms with E-state index in [1.165, 1.54) is 11.8 Å². The number of nitrogens with one attached hydrogen (secondary N) is 1. The maximum atomic E-state index is 11.6. The molecule has 134 valence electrons. The van der Waals surface area contributed by atoms with E-state index in [0.717, 1.165) is 29.5 Å². The minimum absolute atomic E-state index is 0.151. The zero-order chi connectivity index (χ0) is 17.8. The van der Waals surface area contributed by atoms with Crippen molar-refractivity contribution in [1.82, 2.24) is 20.1 Å². The first-order valence-electron chi connectivity index (χ1n) is 8.26. The molecule has 1 aliphatic rings. The lowest BCUT2D eigenvalue weighted by Crippen LogP contribution is -2.23. The molecule has 1 N–H and O–H groups in total. The summed E-state index contributed by atoms with van der Waals surface area (Å²) in [6.45, 7) is 1.16. The van der Waals surface area contributed by atoms with Crippen LogP contribution in [0.25, 0.3) is 0 Å². The van der Waals surface area contributed by atoms with Crippen LogP contribution < -0.4 is 5.32 Å². The van der Waals surface area contributed by atoms with E-state index in [4.69, 9.17) is 4.42 Å². The molecule has 0 bridgehead atoms. The number of hydrogen-bond donors (Lipinski definition) is 1. The molecule has 0 unspecified atom stereocenters. The molecule has 3 heterocycles.